The smallest absolute Gasteiger partial charge is 0.235 e. The zero-order valence-electron chi connectivity index (χ0n) is 12.2. The molecule has 1 heterocycles. The Kier molecular flexibility index (Phi) is 4.36. The molecule has 0 amide bonds. The van der Waals surface area contributed by atoms with E-state index in [2.05, 4.69) is 15.9 Å². The molecule has 0 fully saturated rings. The van der Waals surface area contributed by atoms with E-state index in [0.717, 1.165) is 4.47 Å². The summed E-state index contributed by atoms with van der Waals surface area (Å²) in [5.41, 5.74) is 0.453. The van der Waals surface area contributed by atoms with Crippen molar-refractivity contribution in [3.05, 3.63) is 57.2 Å². The van der Waals surface area contributed by atoms with Crippen molar-refractivity contribution in [3.63, 3.8) is 0 Å². The number of benzene rings is 2. The molecule has 0 atom stereocenters. The van der Waals surface area contributed by atoms with E-state index in [0.29, 0.717) is 16.9 Å². The molecule has 3 aromatic rings. The van der Waals surface area contributed by atoms with Gasteiger partial charge in [-0.25, -0.2) is 0 Å². The number of ether oxygens (including phenoxy) is 2. The minimum atomic E-state index is -0.484. The third-order valence-electron chi connectivity index (χ3n) is 3.29. The van der Waals surface area contributed by atoms with Crippen molar-refractivity contribution in [2.45, 2.75) is 0 Å². The normalized spacial score (nSPS) is 10.9. The van der Waals surface area contributed by atoms with Gasteiger partial charge in [0.25, 0.3) is 0 Å². The molecule has 0 aliphatic heterocycles. The van der Waals surface area contributed by atoms with Crippen LogP contribution in [0.4, 0.5) is 0 Å². The molecule has 1 aromatic heterocycles. The molecule has 0 radical (unpaired) electrons. The average Bonchev–Trinajstić information content (AvgIpc) is 2.57. The second-order valence-corrected chi connectivity index (χ2v) is 5.74. The van der Waals surface area contributed by atoms with Gasteiger partial charge in [-0.05, 0) is 36.4 Å². The van der Waals surface area contributed by atoms with Gasteiger partial charge in [0, 0.05) is 23.2 Å². The highest BCUT2D eigenvalue weighted by molar-refractivity contribution is 9.10. The maximum Gasteiger partial charge on any atom is 0.235 e. The fourth-order valence-corrected chi connectivity index (χ4v) is 2.44. The summed E-state index contributed by atoms with van der Waals surface area (Å²) in [6.45, 7) is 0.0907. The number of hydrogen-bond acceptors (Lipinski definition) is 5. The topological polar surface area (TPSA) is 68.9 Å². The van der Waals surface area contributed by atoms with E-state index in [-0.39, 0.29) is 17.9 Å². The summed E-state index contributed by atoms with van der Waals surface area (Å²) in [6.07, 6.45) is 0. The zero-order chi connectivity index (χ0) is 16.4. The molecule has 0 saturated heterocycles. The summed E-state index contributed by atoms with van der Waals surface area (Å²) in [5.74, 6) is 0.221. The Bertz CT molecular complexity index is 899. The second-order valence-electron chi connectivity index (χ2n) is 4.82. The van der Waals surface area contributed by atoms with Gasteiger partial charge in [0.2, 0.25) is 11.2 Å². The van der Waals surface area contributed by atoms with Crippen LogP contribution in [0.25, 0.3) is 22.3 Å². The lowest BCUT2D eigenvalue weighted by Crippen LogP contribution is -2.03. The van der Waals surface area contributed by atoms with E-state index in [4.69, 9.17) is 13.9 Å². The molecule has 6 heteroatoms. The Hall–Kier alpha value is -2.31. The molecule has 0 spiro atoms. The summed E-state index contributed by atoms with van der Waals surface area (Å²) in [5, 5.41) is 10.4. The van der Waals surface area contributed by atoms with E-state index in [1.807, 2.05) is 0 Å². The number of fused-ring (bicyclic) bond motifs is 1. The van der Waals surface area contributed by atoms with Crippen molar-refractivity contribution in [3.8, 4) is 22.8 Å². The summed E-state index contributed by atoms with van der Waals surface area (Å²) in [4.78, 5) is 12.3. The quantitative estimate of drug-likeness (QED) is 0.699. The predicted molar refractivity (Wildman–Crippen MR) is 89.8 cm³/mol. The molecule has 1 N–H and O–H groups in total. The lowest BCUT2D eigenvalue weighted by molar-refractivity contribution is 0.0512. The van der Waals surface area contributed by atoms with Gasteiger partial charge in [-0.3, -0.25) is 4.79 Å². The number of methoxy groups -OCH3 is 1. The van der Waals surface area contributed by atoms with E-state index < -0.39 is 11.2 Å². The highest BCUT2D eigenvalue weighted by Crippen LogP contribution is 2.31. The van der Waals surface area contributed by atoms with Gasteiger partial charge >= 0.3 is 0 Å². The van der Waals surface area contributed by atoms with Crippen molar-refractivity contribution in [1.82, 2.24) is 0 Å². The Morgan fingerprint density at radius 3 is 2.61 bits per heavy atom. The van der Waals surface area contributed by atoms with Crippen molar-refractivity contribution in [2.24, 2.45) is 0 Å². The first-order chi connectivity index (χ1) is 11.1. The number of halogens is 1. The Labute approximate surface area is 140 Å². The molecule has 5 nitrogen and oxygen atoms in total. The minimum absolute atomic E-state index is 0.0907. The van der Waals surface area contributed by atoms with Crippen LogP contribution in [0.3, 0.4) is 0 Å². The largest absolute Gasteiger partial charge is 0.502 e. The lowest BCUT2D eigenvalue weighted by atomic mass is 10.1. The molecule has 0 aliphatic carbocycles. The minimum Gasteiger partial charge on any atom is -0.502 e. The summed E-state index contributed by atoms with van der Waals surface area (Å²) < 4.78 is 16.8. The van der Waals surface area contributed by atoms with E-state index >= 15 is 0 Å². The van der Waals surface area contributed by atoms with Crippen LogP contribution in [0.2, 0.25) is 0 Å². The van der Waals surface area contributed by atoms with Crippen LogP contribution in [-0.4, -0.2) is 19.0 Å². The van der Waals surface area contributed by atoms with Gasteiger partial charge in [0.05, 0.1) is 5.39 Å². The second kappa shape index (κ2) is 6.44. The van der Waals surface area contributed by atoms with Gasteiger partial charge in [-0.1, -0.05) is 15.9 Å². The summed E-state index contributed by atoms with van der Waals surface area (Å²) in [6, 6.07) is 11.9. The molecule has 0 aliphatic rings. The number of aromatic hydroxyl groups is 1. The molecule has 118 valence electrons. The Morgan fingerprint density at radius 1 is 1.17 bits per heavy atom. The average molecular weight is 377 g/mol. The first-order valence-corrected chi connectivity index (χ1v) is 7.57. The molecule has 0 unspecified atom stereocenters. The molecule has 23 heavy (non-hydrogen) atoms. The van der Waals surface area contributed by atoms with Crippen LogP contribution in [0, 0.1) is 0 Å². The Balaban J connectivity index is 2.16. The fraction of sp³-hybridized carbons (Fsp3) is 0.118. The van der Waals surface area contributed by atoms with Crippen molar-refractivity contribution in [1.29, 1.82) is 0 Å². The predicted octanol–water partition coefficient (Wildman–Crippen LogP) is 3.91. The van der Waals surface area contributed by atoms with Gasteiger partial charge < -0.3 is 19.0 Å². The Morgan fingerprint density at radius 2 is 1.91 bits per heavy atom. The van der Waals surface area contributed by atoms with Crippen molar-refractivity contribution < 1.29 is 19.0 Å². The van der Waals surface area contributed by atoms with Gasteiger partial charge in [-0.2, -0.15) is 0 Å². The van der Waals surface area contributed by atoms with E-state index in [1.165, 1.54) is 7.11 Å². The standard InChI is InChI=1S/C17H13BrO5/c1-21-9-22-12-6-7-13-14(8-12)23-17(16(20)15(13)19)10-2-4-11(18)5-3-10/h2-8,20H,9H2,1H3. The molecule has 0 bridgehead atoms. The van der Waals surface area contributed by atoms with Crippen LogP contribution in [0.5, 0.6) is 11.5 Å². The third-order valence-corrected chi connectivity index (χ3v) is 3.82. The van der Waals surface area contributed by atoms with E-state index in [1.54, 1.807) is 42.5 Å². The first kappa shape index (κ1) is 15.6. The highest BCUT2D eigenvalue weighted by atomic mass is 79.9. The van der Waals surface area contributed by atoms with Crippen molar-refractivity contribution in [2.75, 3.05) is 13.9 Å². The van der Waals surface area contributed by atoms with Crippen LogP contribution in [0.15, 0.2) is 56.1 Å². The number of hydrogen-bond donors (Lipinski definition) is 1. The van der Waals surface area contributed by atoms with Gasteiger partial charge in [-0.15, -0.1) is 0 Å². The first-order valence-electron chi connectivity index (χ1n) is 6.77. The fourth-order valence-electron chi connectivity index (χ4n) is 2.18. The third kappa shape index (κ3) is 3.09. The SMILES string of the molecule is COCOc1ccc2c(=O)c(O)c(-c3ccc(Br)cc3)oc2c1. The molecule has 2 aromatic carbocycles. The van der Waals surface area contributed by atoms with Gasteiger partial charge in [0.15, 0.2) is 12.6 Å². The van der Waals surface area contributed by atoms with Crippen LogP contribution in [0.1, 0.15) is 0 Å². The van der Waals surface area contributed by atoms with Crippen LogP contribution in [-0.2, 0) is 4.74 Å². The summed E-state index contributed by atoms with van der Waals surface area (Å²) in [7, 11) is 1.52. The molecular formula is C17H13BrO5. The molecule has 0 saturated carbocycles. The van der Waals surface area contributed by atoms with E-state index in [9.17, 15) is 9.90 Å². The zero-order valence-corrected chi connectivity index (χ0v) is 13.8. The molecular weight excluding hydrogens is 364 g/mol. The summed E-state index contributed by atoms with van der Waals surface area (Å²) >= 11 is 3.34. The monoisotopic (exact) mass is 376 g/mol. The van der Waals surface area contributed by atoms with Crippen LogP contribution < -0.4 is 10.2 Å². The van der Waals surface area contributed by atoms with Crippen LogP contribution >= 0.6 is 15.9 Å². The van der Waals surface area contributed by atoms with Gasteiger partial charge in [0.1, 0.15) is 11.3 Å². The lowest BCUT2D eigenvalue weighted by Gasteiger charge is -2.08. The number of rotatable bonds is 4. The highest BCUT2D eigenvalue weighted by Gasteiger charge is 2.15. The maximum absolute atomic E-state index is 12.3. The van der Waals surface area contributed by atoms with Crippen molar-refractivity contribution >= 4 is 26.9 Å². The maximum atomic E-state index is 12.3. The molecule has 3 rings (SSSR count).